The Labute approximate surface area is 132 Å². The van der Waals surface area contributed by atoms with Gasteiger partial charge in [-0.05, 0) is 66.7 Å². The summed E-state index contributed by atoms with van der Waals surface area (Å²) in [4.78, 5) is 6.50. The van der Waals surface area contributed by atoms with Crippen molar-refractivity contribution in [2.75, 3.05) is 18.0 Å². The molecule has 2 heterocycles. The molecule has 3 nitrogen and oxygen atoms in total. The molecule has 2 fully saturated rings. The fourth-order valence-electron chi connectivity index (χ4n) is 3.79. The fourth-order valence-corrected chi connectivity index (χ4v) is 4.57. The Hall–Kier alpha value is -0.0700. The first-order valence-electron chi connectivity index (χ1n) is 6.68. The molecule has 0 bridgehead atoms. The van der Waals surface area contributed by atoms with E-state index < -0.39 is 5.60 Å². The summed E-state index contributed by atoms with van der Waals surface area (Å²) in [5.41, 5.74) is 1.17. The van der Waals surface area contributed by atoms with Gasteiger partial charge in [-0.25, -0.2) is 4.98 Å². The van der Waals surface area contributed by atoms with Gasteiger partial charge >= 0.3 is 0 Å². The predicted molar refractivity (Wildman–Crippen MR) is 85.7 cm³/mol. The van der Waals surface area contributed by atoms with Crippen LogP contribution in [-0.2, 0) is 0 Å². The summed E-state index contributed by atoms with van der Waals surface area (Å²) in [5, 5.41) is 10.5. The largest absolute Gasteiger partial charge is 0.390 e. The van der Waals surface area contributed by atoms with Crippen LogP contribution in [0.1, 0.15) is 32.6 Å². The molecule has 1 aliphatic carbocycles. The van der Waals surface area contributed by atoms with Gasteiger partial charge in [0.2, 0.25) is 0 Å². The molecule has 0 unspecified atom stereocenters. The van der Waals surface area contributed by atoms with Gasteiger partial charge in [0.1, 0.15) is 5.15 Å². The summed E-state index contributed by atoms with van der Waals surface area (Å²) >= 11 is 8.31. The minimum Gasteiger partial charge on any atom is -0.390 e. The fraction of sp³-hybridized carbons (Fsp3) is 0.643. The first-order chi connectivity index (χ1) is 8.89. The third-order valence-electron chi connectivity index (χ3n) is 4.48. The molecule has 3 rings (SSSR count). The number of piperidine rings is 1. The number of nitrogens with zero attached hydrogens (tertiary/aromatic N) is 2. The number of aliphatic hydroxyl groups is 1. The maximum Gasteiger partial charge on any atom is 0.131 e. The molecule has 1 saturated heterocycles. The molecular formula is C14H18ClIN2O. The summed E-state index contributed by atoms with van der Waals surface area (Å²) in [7, 11) is 0. The highest BCUT2D eigenvalue weighted by molar-refractivity contribution is 14.1. The molecule has 104 valence electrons. The van der Waals surface area contributed by atoms with Crippen molar-refractivity contribution < 1.29 is 5.11 Å². The molecule has 1 spiro atoms. The highest BCUT2D eigenvalue weighted by Gasteiger charge is 2.51. The van der Waals surface area contributed by atoms with E-state index in [4.69, 9.17) is 11.6 Å². The van der Waals surface area contributed by atoms with Gasteiger partial charge in [-0.15, -0.1) is 0 Å². The summed E-state index contributed by atoms with van der Waals surface area (Å²) in [5.74, 6) is 0. The Balaban J connectivity index is 1.69. The Morgan fingerprint density at radius 1 is 1.37 bits per heavy atom. The lowest BCUT2D eigenvalue weighted by Crippen LogP contribution is -2.54. The number of anilines is 1. The van der Waals surface area contributed by atoms with Gasteiger partial charge in [-0.2, -0.15) is 0 Å². The maximum absolute atomic E-state index is 9.95. The molecule has 1 saturated carbocycles. The second kappa shape index (κ2) is 4.74. The van der Waals surface area contributed by atoms with E-state index in [1.165, 1.54) is 18.5 Å². The molecule has 1 aromatic heterocycles. The third kappa shape index (κ3) is 2.72. The molecule has 1 N–H and O–H groups in total. The lowest BCUT2D eigenvalue weighted by atomic mass is 9.56. The van der Waals surface area contributed by atoms with E-state index >= 15 is 0 Å². The van der Waals surface area contributed by atoms with E-state index in [1.807, 2.05) is 19.2 Å². The molecular weight excluding hydrogens is 375 g/mol. The Morgan fingerprint density at radius 3 is 2.58 bits per heavy atom. The minimum absolute atomic E-state index is 0.391. The van der Waals surface area contributed by atoms with Crippen LogP contribution in [0.3, 0.4) is 0 Å². The van der Waals surface area contributed by atoms with Gasteiger partial charge < -0.3 is 10.0 Å². The van der Waals surface area contributed by atoms with Crippen LogP contribution >= 0.6 is 34.2 Å². The Morgan fingerprint density at radius 2 is 2.00 bits per heavy atom. The van der Waals surface area contributed by atoms with Gasteiger partial charge in [0.25, 0.3) is 0 Å². The number of hydrogen-bond donors (Lipinski definition) is 1. The normalized spacial score (nSPS) is 24.3. The number of rotatable bonds is 1. The quantitative estimate of drug-likeness (QED) is 0.587. The highest BCUT2D eigenvalue weighted by atomic mass is 127. The zero-order chi connectivity index (χ0) is 13.7. The van der Waals surface area contributed by atoms with Crippen molar-refractivity contribution in [2.45, 2.75) is 38.2 Å². The zero-order valence-electron chi connectivity index (χ0n) is 11.0. The first-order valence-corrected chi connectivity index (χ1v) is 8.13. The highest BCUT2D eigenvalue weighted by Crippen LogP contribution is 2.54. The predicted octanol–water partition coefficient (Wildman–Crippen LogP) is 3.47. The van der Waals surface area contributed by atoms with Crippen molar-refractivity contribution in [1.82, 2.24) is 4.98 Å². The van der Waals surface area contributed by atoms with Crippen molar-refractivity contribution in [3.8, 4) is 0 Å². The lowest BCUT2D eigenvalue weighted by molar-refractivity contribution is -0.124. The van der Waals surface area contributed by atoms with E-state index in [0.717, 1.165) is 29.5 Å². The van der Waals surface area contributed by atoms with E-state index in [1.54, 1.807) is 0 Å². The van der Waals surface area contributed by atoms with Crippen LogP contribution in [0.15, 0.2) is 12.3 Å². The molecule has 19 heavy (non-hydrogen) atoms. The average molecular weight is 393 g/mol. The summed E-state index contributed by atoms with van der Waals surface area (Å²) in [6.07, 6.45) is 6.08. The molecule has 0 atom stereocenters. The SMILES string of the molecule is CC1(O)CC2(CCN(c3cc(Cl)ncc3I)CC2)C1. The molecule has 0 aromatic carbocycles. The van der Waals surface area contributed by atoms with Crippen LogP contribution in [0, 0.1) is 8.99 Å². The second-order valence-corrected chi connectivity index (χ2v) is 7.85. The smallest absolute Gasteiger partial charge is 0.131 e. The van der Waals surface area contributed by atoms with Crippen LogP contribution in [0.2, 0.25) is 5.15 Å². The maximum atomic E-state index is 9.95. The van der Waals surface area contributed by atoms with Crippen LogP contribution in [0.4, 0.5) is 5.69 Å². The van der Waals surface area contributed by atoms with Crippen molar-refractivity contribution in [2.24, 2.45) is 5.41 Å². The van der Waals surface area contributed by atoms with E-state index in [0.29, 0.717) is 10.6 Å². The summed E-state index contributed by atoms with van der Waals surface area (Å²) < 4.78 is 1.15. The van der Waals surface area contributed by atoms with Crippen LogP contribution in [-0.4, -0.2) is 28.8 Å². The number of aromatic nitrogens is 1. The standard InChI is InChI=1S/C14H18ClIN2O/c1-13(19)8-14(9-13)2-4-18(5-3-14)11-6-12(15)17-7-10(11)16/h6-7,19H,2-5,8-9H2,1H3. The topological polar surface area (TPSA) is 36.4 Å². The molecule has 2 aliphatic rings. The van der Waals surface area contributed by atoms with Gasteiger partial charge in [-0.3, -0.25) is 0 Å². The zero-order valence-corrected chi connectivity index (χ0v) is 13.9. The summed E-state index contributed by atoms with van der Waals surface area (Å²) in [6, 6.07) is 1.96. The van der Waals surface area contributed by atoms with Crippen molar-refractivity contribution in [3.05, 3.63) is 21.0 Å². The van der Waals surface area contributed by atoms with Gasteiger partial charge in [0.05, 0.1) is 14.9 Å². The lowest BCUT2D eigenvalue weighted by Gasteiger charge is -2.55. The molecule has 1 aliphatic heterocycles. The van der Waals surface area contributed by atoms with E-state index in [9.17, 15) is 5.11 Å². The van der Waals surface area contributed by atoms with E-state index in [2.05, 4.69) is 32.5 Å². The molecule has 0 radical (unpaired) electrons. The van der Waals surface area contributed by atoms with Crippen LogP contribution < -0.4 is 4.90 Å². The molecule has 5 heteroatoms. The number of pyridine rings is 1. The average Bonchev–Trinajstić information content (AvgIpc) is 2.31. The van der Waals surface area contributed by atoms with Crippen molar-refractivity contribution >= 4 is 39.9 Å². The summed E-state index contributed by atoms with van der Waals surface area (Å²) in [6.45, 7) is 4.05. The van der Waals surface area contributed by atoms with E-state index in [-0.39, 0.29) is 0 Å². The van der Waals surface area contributed by atoms with Crippen molar-refractivity contribution in [3.63, 3.8) is 0 Å². The number of hydrogen-bond acceptors (Lipinski definition) is 3. The monoisotopic (exact) mass is 392 g/mol. The molecule has 0 amide bonds. The Bertz CT molecular complexity index is 488. The van der Waals surface area contributed by atoms with Gasteiger partial charge in [0.15, 0.2) is 0 Å². The van der Waals surface area contributed by atoms with Crippen molar-refractivity contribution in [1.29, 1.82) is 0 Å². The van der Waals surface area contributed by atoms with Gasteiger partial charge in [-0.1, -0.05) is 11.6 Å². The third-order valence-corrected chi connectivity index (χ3v) is 5.52. The Kier molecular flexibility index (Phi) is 3.47. The first kappa shape index (κ1) is 13.9. The second-order valence-electron chi connectivity index (χ2n) is 6.30. The minimum atomic E-state index is -0.420. The molecule has 1 aromatic rings. The van der Waals surface area contributed by atoms with Crippen LogP contribution in [0.5, 0.6) is 0 Å². The number of halogens is 2. The van der Waals surface area contributed by atoms with Crippen LogP contribution in [0.25, 0.3) is 0 Å². The van der Waals surface area contributed by atoms with Gasteiger partial charge in [0, 0.05) is 19.3 Å².